The average Bonchev–Trinajstić information content (AvgIpc) is 4.20. The number of anilines is 3. The van der Waals surface area contributed by atoms with E-state index in [1.165, 1.54) is 104 Å². The van der Waals surface area contributed by atoms with E-state index in [2.05, 4.69) is 327 Å². The van der Waals surface area contributed by atoms with Gasteiger partial charge in [0.1, 0.15) is 0 Å². The molecule has 0 saturated carbocycles. The molecule has 79 heavy (non-hydrogen) atoms. The molecule has 374 valence electrons. The van der Waals surface area contributed by atoms with Crippen molar-refractivity contribution in [1.29, 1.82) is 0 Å². The maximum Gasteiger partial charge on any atom is 0.179 e. The van der Waals surface area contributed by atoms with Crippen LogP contribution in [0.3, 0.4) is 0 Å². The monoisotopic (exact) mass is 1020 g/mol. The predicted molar refractivity (Wildman–Crippen MR) is 334 cm³/mol. The molecule has 0 spiro atoms. The van der Waals surface area contributed by atoms with Gasteiger partial charge in [-0.05, 0) is 102 Å². The highest BCUT2D eigenvalue weighted by atomic mass is 28.3. The van der Waals surface area contributed by atoms with Crippen LogP contribution in [0.4, 0.5) is 17.1 Å². The number of benzene rings is 12. The van der Waals surface area contributed by atoms with Gasteiger partial charge in [-0.25, -0.2) is 0 Å². The zero-order valence-corrected chi connectivity index (χ0v) is 45.3. The highest BCUT2D eigenvalue weighted by molar-refractivity contribution is 7.20. The lowest BCUT2D eigenvalue weighted by Crippen LogP contribution is -2.74. The Kier molecular flexibility index (Phi) is 10.8. The van der Waals surface area contributed by atoms with Crippen LogP contribution in [-0.4, -0.2) is 12.6 Å². The van der Waals surface area contributed by atoms with Crippen molar-refractivity contribution in [2.45, 2.75) is 24.7 Å². The number of nitrogens with zero attached hydrogens (tertiary/aromatic N) is 2. The molecule has 0 atom stereocenters. The third kappa shape index (κ3) is 6.83. The van der Waals surface area contributed by atoms with E-state index in [0.29, 0.717) is 0 Å². The number of fused-ring (bicyclic) bond motifs is 8. The Morgan fingerprint density at radius 2 is 0.671 bits per heavy atom. The molecule has 13 aromatic rings. The van der Waals surface area contributed by atoms with Crippen LogP contribution in [0.25, 0.3) is 49.7 Å². The normalized spacial score (nSPS) is 13.9. The van der Waals surface area contributed by atoms with E-state index < -0.39 is 13.5 Å². The fraction of sp³-hybridized carbons (Fsp3) is 0.0526. The summed E-state index contributed by atoms with van der Waals surface area (Å²) in [5.74, 6) is 0. The largest absolute Gasteiger partial charge is 0.309 e. The van der Waals surface area contributed by atoms with Crippen molar-refractivity contribution in [1.82, 2.24) is 4.57 Å². The summed E-state index contributed by atoms with van der Waals surface area (Å²) in [6.45, 7) is 4.75. The first kappa shape index (κ1) is 46.7. The van der Waals surface area contributed by atoms with Gasteiger partial charge in [0.15, 0.2) is 8.07 Å². The van der Waals surface area contributed by atoms with Gasteiger partial charge in [-0.3, -0.25) is 0 Å². The second-order valence-electron chi connectivity index (χ2n) is 21.9. The van der Waals surface area contributed by atoms with E-state index in [4.69, 9.17) is 0 Å². The molecule has 12 aromatic carbocycles. The van der Waals surface area contributed by atoms with Crippen molar-refractivity contribution in [2.24, 2.45) is 0 Å². The number of aromatic nitrogens is 1. The summed E-state index contributed by atoms with van der Waals surface area (Å²) in [7, 11) is -3.21. The Morgan fingerprint density at radius 1 is 0.278 bits per heavy atom. The maximum atomic E-state index is 2.60. The molecule has 0 unspecified atom stereocenters. The van der Waals surface area contributed by atoms with Gasteiger partial charge in [0, 0.05) is 27.3 Å². The second-order valence-corrected chi connectivity index (χ2v) is 25.7. The summed E-state index contributed by atoms with van der Waals surface area (Å²) in [4.78, 5) is 2.56. The minimum absolute atomic E-state index is 0.221. The van der Waals surface area contributed by atoms with E-state index >= 15 is 0 Å². The summed E-state index contributed by atoms with van der Waals surface area (Å²) < 4.78 is 2.50. The molecular formula is C76H56N2Si. The zero-order valence-electron chi connectivity index (χ0n) is 44.3. The summed E-state index contributed by atoms with van der Waals surface area (Å²) >= 11 is 0. The van der Waals surface area contributed by atoms with Crippen molar-refractivity contribution in [3.8, 4) is 27.9 Å². The predicted octanol–water partition coefficient (Wildman–Crippen LogP) is 16.3. The van der Waals surface area contributed by atoms with Crippen LogP contribution in [-0.2, 0) is 10.8 Å². The van der Waals surface area contributed by atoms with Crippen LogP contribution in [0.1, 0.15) is 47.2 Å². The number of hydrogen-bond donors (Lipinski definition) is 0. The van der Waals surface area contributed by atoms with Gasteiger partial charge in [0.05, 0.1) is 39.2 Å². The van der Waals surface area contributed by atoms with Crippen molar-refractivity contribution in [3.05, 3.63) is 337 Å². The molecule has 2 heterocycles. The topological polar surface area (TPSA) is 8.17 Å². The fourth-order valence-electron chi connectivity index (χ4n) is 14.2. The minimum atomic E-state index is -3.21. The second kappa shape index (κ2) is 18.3. The zero-order chi connectivity index (χ0) is 52.7. The summed E-state index contributed by atoms with van der Waals surface area (Å²) in [5.41, 5.74) is 19.0. The van der Waals surface area contributed by atoms with Gasteiger partial charge >= 0.3 is 0 Å². The van der Waals surface area contributed by atoms with Crippen molar-refractivity contribution < 1.29 is 0 Å². The molecule has 15 rings (SSSR count). The Labute approximate surface area is 463 Å². The molecule has 2 nitrogen and oxygen atoms in total. The molecule has 2 aliphatic rings. The summed E-state index contributed by atoms with van der Waals surface area (Å²) in [6, 6.07) is 115. The first-order chi connectivity index (χ1) is 39.0. The van der Waals surface area contributed by atoms with Gasteiger partial charge in [0.2, 0.25) is 0 Å². The standard InChI is InChI=1S/C76H56N2Si/c1-75(2)67-39-19-24-44-73(67)78(74-45-25-20-40-68(74)75)72-51-50-58(52-64(72)63-36-16-23-43-71(63)77-69-41-21-14-34-61(69)62-35-15-22-42-70(62)77)79(55-28-8-4-9-29-55,56-30-10-5-11-31-56)57-48-46-54(47-49-57)76(53-26-6-3-7-27-53)65-37-17-12-32-59(65)60-33-13-18-38-66(60)76/h3-52H,1-2H3. The quantitative estimate of drug-likeness (QED) is 0.103. The van der Waals surface area contributed by atoms with Crippen LogP contribution in [0.2, 0.25) is 0 Å². The molecule has 1 aromatic heterocycles. The van der Waals surface area contributed by atoms with E-state index in [0.717, 1.165) is 16.9 Å². The highest BCUT2D eigenvalue weighted by Gasteiger charge is 2.48. The molecule has 1 aliphatic heterocycles. The number of para-hydroxylation sites is 5. The number of rotatable bonds is 9. The average molecular weight is 1030 g/mol. The highest BCUT2D eigenvalue weighted by Crippen LogP contribution is 2.57. The number of hydrogen-bond acceptors (Lipinski definition) is 1. The van der Waals surface area contributed by atoms with E-state index in [9.17, 15) is 0 Å². The molecule has 0 radical (unpaired) electrons. The Morgan fingerprint density at radius 3 is 1.22 bits per heavy atom. The lowest BCUT2D eigenvalue weighted by molar-refractivity contribution is 0.632. The van der Waals surface area contributed by atoms with Crippen molar-refractivity contribution in [2.75, 3.05) is 4.90 Å². The van der Waals surface area contributed by atoms with Crippen LogP contribution in [0, 0.1) is 0 Å². The Balaban J connectivity index is 1.03. The van der Waals surface area contributed by atoms with Crippen LogP contribution in [0.15, 0.2) is 303 Å². The van der Waals surface area contributed by atoms with Gasteiger partial charge in [-0.15, -0.1) is 0 Å². The Bertz CT molecular complexity index is 4270. The molecular weight excluding hydrogens is 969 g/mol. The first-order valence-corrected chi connectivity index (χ1v) is 29.7. The lowest BCUT2D eigenvalue weighted by Gasteiger charge is -2.43. The van der Waals surface area contributed by atoms with Crippen molar-refractivity contribution >= 4 is 67.7 Å². The van der Waals surface area contributed by atoms with Crippen LogP contribution in [0.5, 0.6) is 0 Å². The summed E-state index contributed by atoms with van der Waals surface area (Å²) in [5, 5.41) is 7.76. The molecule has 0 fully saturated rings. The van der Waals surface area contributed by atoms with Gasteiger partial charge in [0.25, 0.3) is 0 Å². The molecule has 0 amide bonds. The summed E-state index contributed by atoms with van der Waals surface area (Å²) in [6.07, 6.45) is 0. The lowest BCUT2D eigenvalue weighted by atomic mass is 9.68. The molecule has 0 N–H and O–H groups in total. The SMILES string of the molecule is CC1(C)c2ccccc2N(c2ccc([Si](c3ccccc3)(c3ccccc3)c3ccc(C4(c5ccccc5)c5ccccc5-c5ccccc54)cc3)cc2-c2ccccc2-n2c3ccccc3c3ccccc32)c2ccccc21. The molecule has 0 saturated heterocycles. The van der Waals surface area contributed by atoms with Gasteiger partial charge in [-0.2, -0.15) is 0 Å². The van der Waals surface area contributed by atoms with Crippen LogP contribution < -0.4 is 25.6 Å². The Hall–Kier alpha value is -9.54. The molecule has 0 bridgehead atoms. The molecule has 3 heteroatoms. The molecule has 1 aliphatic carbocycles. The maximum absolute atomic E-state index is 3.21. The van der Waals surface area contributed by atoms with E-state index in [1.807, 2.05) is 0 Å². The minimum Gasteiger partial charge on any atom is -0.309 e. The van der Waals surface area contributed by atoms with Gasteiger partial charge in [-0.1, -0.05) is 281 Å². The van der Waals surface area contributed by atoms with E-state index in [1.54, 1.807) is 0 Å². The first-order valence-electron chi connectivity index (χ1n) is 27.7. The van der Waals surface area contributed by atoms with Gasteiger partial charge < -0.3 is 9.47 Å². The van der Waals surface area contributed by atoms with Crippen LogP contribution >= 0.6 is 0 Å². The third-order valence-corrected chi connectivity index (χ3v) is 22.4. The smallest absolute Gasteiger partial charge is 0.179 e. The third-order valence-electron chi connectivity index (χ3n) is 17.6. The van der Waals surface area contributed by atoms with Crippen molar-refractivity contribution in [3.63, 3.8) is 0 Å². The van der Waals surface area contributed by atoms with E-state index in [-0.39, 0.29) is 5.41 Å². The fourth-order valence-corrected chi connectivity index (χ4v) is 19.0.